The van der Waals surface area contributed by atoms with Crippen molar-refractivity contribution in [3.8, 4) is 5.75 Å². The molecule has 1 aromatic carbocycles. The van der Waals surface area contributed by atoms with E-state index in [-0.39, 0.29) is 17.5 Å². The number of nitrogens with two attached hydrogens (primary N) is 1. The van der Waals surface area contributed by atoms with Crippen LogP contribution in [-0.2, 0) is 0 Å². The van der Waals surface area contributed by atoms with E-state index < -0.39 is 23.6 Å². The van der Waals surface area contributed by atoms with E-state index in [0.717, 1.165) is 17.7 Å². The summed E-state index contributed by atoms with van der Waals surface area (Å²) in [6.45, 7) is 5.36. The number of rotatable bonds is 4. The van der Waals surface area contributed by atoms with E-state index in [1.807, 2.05) is 0 Å². The Kier molecular flexibility index (Phi) is 3.85. The lowest BCUT2D eigenvalue weighted by molar-refractivity contribution is 0.0693. The van der Waals surface area contributed by atoms with Gasteiger partial charge in [0.1, 0.15) is 17.1 Å². The molecule has 0 fully saturated rings. The summed E-state index contributed by atoms with van der Waals surface area (Å²) in [7, 11) is 0. The van der Waals surface area contributed by atoms with E-state index in [1.54, 1.807) is 6.92 Å². The molecule has 0 saturated carbocycles. The van der Waals surface area contributed by atoms with E-state index in [4.69, 9.17) is 10.8 Å². The van der Waals surface area contributed by atoms with Crippen molar-refractivity contribution in [2.24, 2.45) is 5.73 Å². The van der Waals surface area contributed by atoms with Crippen LogP contribution in [0.4, 0.5) is 4.39 Å². The molecule has 0 unspecified atom stereocenters. The maximum absolute atomic E-state index is 13.5. The number of hydrogen-bond acceptors (Lipinski definition) is 3. The first kappa shape index (κ1) is 13.2. The fourth-order valence-electron chi connectivity index (χ4n) is 1.59. The molecule has 4 N–H and O–H groups in total. The first-order valence-corrected chi connectivity index (χ1v) is 4.99. The lowest BCUT2D eigenvalue weighted by Crippen LogP contribution is -2.14. The van der Waals surface area contributed by atoms with Crippen LogP contribution in [0.15, 0.2) is 24.3 Å². The number of halogens is 1. The van der Waals surface area contributed by atoms with Gasteiger partial charge in [-0.2, -0.15) is 0 Å². The Morgan fingerprint density at radius 1 is 1.59 bits per heavy atom. The van der Waals surface area contributed by atoms with Crippen LogP contribution in [0.25, 0.3) is 0 Å². The van der Waals surface area contributed by atoms with Crippen molar-refractivity contribution in [1.82, 2.24) is 0 Å². The second-order valence-electron chi connectivity index (χ2n) is 3.93. The minimum atomic E-state index is -1.33. The number of carbonyl (C=O) groups is 1. The van der Waals surface area contributed by atoms with Crippen molar-refractivity contribution < 1.29 is 19.4 Å². The number of hydrogen-bond donors (Lipinski definition) is 3. The fourth-order valence-corrected chi connectivity index (χ4v) is 1.59. The molecule has 4 nitrogen and oxygen atoms in total. The lowest BCUT2D eigenvalue weighted by Gasteiger charge is -2.15. The highest BCUT2D eigenvalue weighted by Crippen LogP contribution is 2.32. The summed E-state index contributed by atoms with van der Waals surface area (Å²) in [5, 5.41) is 18.5. The van der Waals surface area contributed by atoms with Crippen LogP contribution in [0.3, 0.4) is 0 Å². The molecule has 0 aliphatic heterocycles. The van der Waals surface area contributed by atoms with E-state index in [2.05, 4.69) is 6.58 Å². The normalized spacial score (nSPS) is 12.2. The molecule has 17 heavy (non-hydrogen) atoms. The van der Waals surface area contributed by atoms with Gasteiger partial charge in [-0.15, -0.1) is 6.58 Å². The van der Waals surface area contributed by atoms with Crippen LogP contribution in [0.2, 0.25) is 0 Å². The zero-order valence-corrected chi connectivity index (χ0v) is 9.40. The number of phenols is 1. The predicted molar refractivity (Wildman–Crippen MR) is 61.4 cm³/mol. The molecule has 0 amide bonds. The number of carboxylic acids is 1. The molecule has 0 saturated heterocycles. The molecule has 0 radical (unpaired) electrons. The fraction of sp³-hybridized carbons (Fsp3) is 0.250. The van der Waals surface area contributed by atoms with Gasteiger partial charge in [-0.25, -0.2) is 9.18 Å². The van der Waals surface area contributed by atoms with E-state index in [1.165, 1.54) is 0 Å². The molecule has 1 aromatic rings. The summed E-state index contributed by atoms with van der Waals surface area (Å²) in [6, 6.07) is 1.17. The van der Waals surface area contributed by atoms with Crippen molar-refractivity contribution in [3.05, 3.63) is 41.2 Å². The highest BCUT2D eigenvalue weighted by atomic mass is 19.1. The van der Waals surface area contributed by atoms with E-state index >= 15 is 0 Å². The summed E-state index contributed by atoms with van der Waals surface area (Å²) in [5.41, 5.74) is 5.88. The summed E-state index contributed by atoms with van der Waals surface area (Å²) in [6.07, 6.45) is 0.271. The van der Waals surface area contributed by atoms with E-state index in [9.17, 15) is 14.3 Å². The molecule has 1 rings (SSSR count). The Bertz CT molecular complexity index is 471. The molecule has 0 aromatic heterocycles. The zero-order valence-electron chi connectivity index (χ0n) is 9.40. The quantitative estimate of drug-likeness (QED) is 0.703. The number of aromatic hydroxyl groups is 1. The van der Waals surface area contributed by atoms with Crippen LogP contribution >= 0.6 is 0 Å². The molecule has 0 aliphatic rings. The highest BCUT2D eigenvalue weighted by molar-refractivity contribution is 5.91. The van der Waals surface area contributed by atoms with Gasteiger partial charge in [0.2, 0.25) is 0 Å². The van der Waals surface area contributed by atoms with Gasteiger partial charge in [0.15, 0.2) is 0 Å². The van der Waals surface area contributed by atoms with Crippen LogP contribution < -0.4 is 5.73 Å². The third-order valence-corrected chi connectivity index (χ3v) is 2.33. The third-order valence-electron chi connectivity index (χ3n) is 2.33. The summed E-state index contributed by atoms with van der Waals surface area (Å²) in [4.78, 5) is 10.8. The number of carboxylic acid groups (broad SMARTS) is 1. The highest BCUT2D eigenvalue weighted by Gasteiger charge is 2.21. The molecule has 0 heterocycles. The molecule has 1 atom stereocenters. The number of aromatic carboxylic acids is 1. The van der Waals surface area contributed by atoms with Crippen molar-refractivity contribution in [2.75, 3.05) is 0 Å². The smallest absolute Gasteiger partial charge is 0.339 e. The molecule has 92 valence electrons. The van der Waals surface area contributed by atoms with Gasteiger partial charge < -0.3 is 15.9 Å². The van der Waals surface area contributed by atoms with Gasteiger partial charge in [-0.05, 0) is 25.5 Å². The van der Waals surface area contributed by atoms with Gasteiger partial charge in [0.05, 0.1) is 0 Å². The zero-order chi connectivity index (χ0) is 13.2. The Morgan fingerprint density at radius 2 is 2.18 bits per heavy atom. The summed E-state index contributed by atoms with van der Waals surface area (Å²) in [5.74, 6) is -2.67. The second-order valence-corrected chi connectivity index (χ2v) is 3.93. The van der Waals surface area contributed by atoms with E-state index in [0.29, 0.717) is 0 Å². The van der Waals surface area contributed by atoms with Gasteiger partial charge in [0.25, 0.3) is 0 Å². The maximum Gasteiger partial charge on any atom is 0.339 e. The molecule has 0 aliphatic carbocycles. The molecule has 5 heteroatoms. The van der Waals surface area contributed by atoms with Gasteiger partial charge >= 0.3 is 5.97 Å². The van der Waals surface area contributed by atoms with Crippen molar-refractivity contribution >= 4 is 5.97 Å². The van der Waals surface area contributed by atoms with Crippen molar-refractivity contribution in [3.63, 3.8) is 0 Å². The average molecular weight is 239 g/mol. The maximum atomic E-state index is 13.5. The first-order chi connectivity index (χ1) is 7.84. The topological polar surface area (TPSA) is 83.6 Å². The Hall–Kier alpha value is -1.88. The molecule has 0 bridgehead atoms. The van der Waals surface area contributed by atoms with Gasteiger partial charge in [-0.3, -0.25) is 0 Å². The minimum Gasteiger partial charge on any atom is -0.507 e. The van der Waals surface area contributed by atoms with Crippen LogP contribution in [0, 0.1) is 5.82 Å². The number of benzene rings is 1. The lowest BCUT2D eigenvalue weighted by atomic mass is 9.97. The SMILES string of the molecule is C=C(C)C[C@H](N)c1c(F)ccc(C(=O)O)c1O. The summed E-state index contributed by atoms with van der Waals surface area (Å²) < 4.78 is 13.5. The average Bonchev–Trinajstić information content (AvgIpc) is 2.15. The van der Waals surface area contributed by atoms with Crippen molar-refractivity contribution in [1.29, 1.82) is 0 Å². The molecular formula is C12H14FNO3. The Balaban J connectivity index is 3.26. The predicted octanol–water partition coefficient (Wildman–Crippen LogP) is 2.20. The standard InChI is InChI=1S/C12H14FNO3/c1-6(2)5-9(14)10-8(13)4-3-7(11(10)15)12(16)17/h3-4,9,15H,1,5,14H2,2H3,(H,16,17)/t9-/m0/s1. The van der Waals surface area contributed by atoms with Crippen molar-refractivity contribution in [2.45, 2.75) is 19.4 Å². The monoisotopic (exact) mass is 239 g/mol. The van der Waals surface area contributed by atoms with Gasteiger partial charge in [-0.1, -0.05) is 5.57 Å². The third kappa shape index (κ3) is 2.82. The molecule has 0 spiro atoms. The Labute approximate surface area is 98.2 Å². The Morgan fingerprint density at radius 3 is 2.65 bits per heavy atom. The largest absolute Gasteiger partial charge is 0.507 e. The first-order valence-electron chi connectivity index (χ1n) is 4.99. The second kappa shape index (κ2) is 4.97. The minimum absolute atomic E-state index is 0.187. The summed E-state index contributed by atoms with van der Waals surface area (Å²) >= 11 is 0. The van der Waals surface area contributed by atoms with Crippen LogP contribution in [0.1, 0.15) is 35.3 Å². The van der Waals surface area contributed by atoms with Gasteiger partial charge in [0, 0.05) is 11.6 Å². The van der Waals surface area contributed by atoms with Crippen LogP contribution in [0.5, 0.6) is 5.75 Å². The molecular weight excluding hydrogens is 225 g/mol. The van der Waals surface area contributed by atoms with Crippen LogP contribution in [-0.4, -0.2) is 16.2 Å².